The molecule has 5 nitrogen and oxygen atoms in total. The van der Waals surface area contributed by atoms with Crippen molar-refractivity contribution in [2.75, 3.05) is 6.54 Å². The summed E-state index contributed by atoms with van der Waals surface area (Å²) in [4.78, 5) is 0.226. The van der Waals surface area contributed by atoms with Crippen molar-refractivity contribution in [3.63, 3.8) is 0 Å². The van der Waals surface area contributed by atoms with Gasteiger partial charge < -0.3 is 10.3 Å². The second kappa shape index (κ2) is 8.96. The van der Waals surface area contributed by atoms with Gasteiger partial charge in [-0.2, -0.15) is 0 Å². The first-order valence-corrected chi connectivity index (χ1v) is 13.4. The Morgan fingerprint density at radius 3 is 2.09 bits per heavy atom. The third-order valence-electron chi connectivity index (χ3n) is 7.18. The normalized spacial score (nSPS) is 16.5. The molecule has 0 atom stereocenters. The third-order valence-corrected chi connectivity index (χ3v) is 8.21. The zero-order valence-corrected chi connectivity index (χ0v) is 21.5. The van der Waals surface area contributed by atoms with Gasteiger partial charge in [0.1, 0.15) is 4.90 Å². The van der Waals surface area contributed by atoms with E-state index in [-0.39, 0.29) is 15.7 Å². The van der Waals surface area contributed by atoms with Gasteiger partial charge in [-0.3, -0.25) is 0 Å². The first kappa shape index (κ1) is 25.0. The van der Waals surface area contributed by atoms with Crippen LogP contribution in [0.3, 0.4) is 0 Å². The van der Waals surface area contributed by atoms with E-state index in [2.05, 4.69) is 57.4 Å². The molecule has 6 heteroatoms. The van der Waals surface area contributed by atoms with Gasteiger partial charge >= 0.3 is 0 Å². The van der Waals surface area contributed by atoms with E-state index in [9.17, 15) is 8.42 Å². The summed E-state index contributed by atoms with van der Waals surface area (Å²) in [6, 6.07) is 8.41. The van der Waals surface area contributed by atoms with Crippen molar-refractivity contribution in [2.45, 2.75) is 95.9 Å². The molecule has 0 spiro atoms. The summed E-state index contributed by atoms with van der Waals surface area (Å²) in [5.41, 5.74) is 11.0. The number of rotatable bonds is 6. The minimum Gasteiger partial charge on any atom is -0.343 e. The number of nitrogens with zero attached hydrogens (tertiary/aromatic N) is 1. The molecular weight excluding hydrogens is 418 g/mol. The Kier molecular flexibility index (Phi) is 7.00. The van der Waals surface area contributed by atoms with Crippen molar-refractivity contribution in [2.24, 2.45) is 16.8 Å². The second-order valence-electron chi connectivity index (χ2n) is 11.3. The van der Waals surface area contributed by atoms with Gasteiger partial charge in [0.05, 0.1) is 0 Å². The van der Waals surface area contributed by atoms with Crippen LogP contribution in [0.5, 0.6) is 0 Å². The molecule has 32 heavy (non-hydrogen) atoms. The average Bonchev–Trinajstić information content (AvgIpc) is 3.04. The van der Waals surface area contributed by atoms with Crippen molar-refractivity contribution in [1.82, 2.24) is 4.57 Å². The molecule has 178 valence electrons. The van der Waals surface area contributed by atoms with E-state index < -0.39 is 10.0 Å². The molecule has 0 unspecified atom stereocenters. The maximum absolute atomic E-state index is 12.4. The largest absolute Gasteiger partial charge is 0.343 e. The summed E-state index contributed by atoms with van der Waals surface area (Å²) in [5.74, 6) is 0.563. The summed E-state index contributed by atoms with van der Waals surface area (Å²) in [7, 11) is -3.81. The van der Waals surface area contributed by atoms with Gasteiger partial charge in [-0.05, 0) is 66.0 Å². The van der Waals surface area contributed by atoms with E-state index in [0.717, 1.165) is 23.5 Å². The van der Waals surface area contributed by atoms with Crippen molar-refractivity contribution in [3.8, 4) is 11.3 Å². The maximum atomic E-state index is 12.4. The molecule has 1 fully saturated rings. The SMILES string of the molecule is Cc1c(S(N)(=O)=O)cc(-c2cc(C(C)(C)C)cc(C(C)(C)CN)c2)n1CC1CCCCC1. The third kappa shape index (κ3) is 5.29. The van der Waals surface area contributed by atoms with Gasteiger partial charge in [0.2, 0.25) is 10.0 Å². The van der Waals surface area contributed by atoms with Crippen LogP contribution in [0.15, 0.2) is 29.2 Å². The van der Waals surface area contributed by atoms with Crippen LogP contribution in [0, 0.1) is 12.8 Å². The van der Waals surface area contributed by atoms with Crippen LogP contribution < -0.4 is 10.9 Å². The van der Waals surface area contributed by atoms with Gasteiger partial charge in [0, 0.05) is 29.9 Å². The number of benzene rings is 1. The summed E-state index contributed by atoms with van der Waals surface area (Å²) in [6.07, 6.45) is 6.17. The number of aromatic nitrogens is 1. The standard InChI is InChI=1S/C26H41N3O2S/c1-18-24(32(28,30)31)15-23(29(18)16-19-10-8-7-9-11-19)20-12-21(25(2,3)4)14-22(13-20)26(5,6)17-27/h12-15,19H,7-11,16-17,27H2,1-6H3,(H2,28,30,31). The molecule has 1 heterocycles. The van der Waals surface area contributed by atoms with Gasteiger partial charge in [0.15, 0.2) is 0 Å². The van der Waals surface area contributed by atoms with E-state index >= 15 is 0 Å². The molecule has 4 N–H and O–H groups in total. The van der Waals surface area contributed by atoms with Crippen molar-refractivity contribution in [1.29, 1.82) is 0 Å². The highest BCUT2D eigenvalue weighted by Gasteiger charge is 2.27. The predicted octanol–water partition coefficient (Wildman–Crippen LogP) is 5.23. The molecule has 0 saturated heterocycles. The first-order chi connectivity index (χ1) is 14.7. The predicted molar refractivity (Wildman–Crippen MR) is 133 cm³/mol. The zero-order valence-electron chi connectivity index (χ0n) is 20.7. The van der Waals surface area contributed by atoms with Crippen LogP contribution in [0.25, 0.3) is 11.3 Å². The van der Waals surface area contributed by atoms with Crippen LogP contribution in [-0.4, -0.2) is 19.5 Å². The molecule has 1 saturated carbocycles. The van der Waals surface area contributed by atoms with E-state index in [1.54, 1.807) is 6.07 Å². The highest BCUT2D eigenvalue weighted by atomic mass is 32.2. The summed E-state index contributed by atoms with van der Waals surface area (Å²) in [6.45, 7) is 14.1. The zero-order chi connectivity index (χ0) is 23.9. The van der Waals surface area contributed by atoms with Crippen LogP contribution >= 0.6 is 0 Å². The monoisotopic (exact) mass is 459 g/mol. The quantitative estimate of drug-likeness (QED) is 0.620. The molecule has 2 aromatic rings. The number of hydrogen-bond acceptors (Lipinski definition) is 3. The molecule has 3 rings (SSSR count). The van der Waals surface area contributed by atoms with Crippen LogP contribution in [0.2, 0.25) is 0 Å². The van der Waals surface area contributed by atoms with Gasteiger partial charge in [-0.25, -0.2) is 13.6 Å². The van der Waals surface area contributed by atoms with Crippen molar-refractivity contribution in [3.05, 3.63) is 41.1 Å². The lowest BCUT2D eigenvalue weighted by molar-refractivity contribution is 0.318. The Morgan fingerprint density at radius 1 is 0.969 bits per heavy atom. The molecular formula is C26H41N3O2S. The highest BCUT2D eigenvalue weighted by Crippen LogP contribution is 2.37. The Balaban J connectivity index is 2.24. The number of hydrogen-bond donors (Lipinski definition) is 2. The van der Waals surface area contributed by atoms with E-state index in [0.29, 0.717) is 12.5 Å². The smallest absolute Gasteiger partial charge is 0.239 e. The van der Waals surface area contributed by atoms with E-state index in [4.69, 9.17) is 10.9 Å². The fraction of sp³-hybridized carbons (Fsp3) is 0.615. The molecule has 0 bridgehead atoms. The molecule has 0 radical (unpaired) electrons. The lowest BCUT2D eigenvalue weighted by atomic mass is 9.78. The molecule has 1 aliphatic rings. The molecule has 1 aromatic heterocycles. The van der Waals surface area contributed by atoms with E-state index in [1.165, 1.54) is 43.2 Å². The molecule has 1 aromatic carbocycles. The average molecular weight is 460 g/mol. The molecule has 1 aliphatic carbocycles. The van der Waals surface area contributed by atoms with Crippen molar-refractivity contribution < 1.29 is 8.42 Å². The Hall–Kier alpha value is -1.63. The minimum atomic E-state index is -3.81. The summed E-state index contributed by atoms with van der Waals surface area (Å²) >= 11 is 0. The number of sulfonamides is 1. The van der Waals surface area contributed by atoms with Gasteiger partial charge in [-0.1, -0.05) is 59.9 Å². The fourth-order valence-corrected chi connectivity index (χ4v) is 5.53. The first-order valence-electron chi connectivity index (χ1n) is 11.8. The minimum absolute atomic E-state index is 0.0476. The maximum Gasteiger partial charge on any atom is 0.239 e. The highest BCUT2D eigenvalue weighted by molar-refractivity contribution is 7.89. The van der Waals surface area contributed by atoms with Crippen molar-refractivity contribution >= 4 is 10.0 Å². The topological polar surface area (TPSA) is 91.1 Å². The van der Waals surface area contributed by atoms with Gasteiger partial charge in [-0.15, -0.1) is 0 Å². The lowest BCUT2D eigenvalue weighted by Gasteiger charge is -2.29. The Bertz CT molecular complexity index is 1070. The second-order valence-corrected chi connectivity index (χ2v) is 12.8. The Morgan fingerprint density at radius 2 is 1.56 bits per heavy atom. The lowest BCUT2D eigenvalue weighted by Crippen LogP contribution is -2.29. The van der Waals surface area contributed by atoms with Crippen LogP contribution in [0.4, 0.5) is 0 Å². The number of primary sulfonamides is 1. The molecule has 0 aliphatic heterocycles. The molecule has 0 amide bonds. The van der Waals surface area contributed by atoms with Crippen LogP contribution in [0.1, 0.15) is 83.5 Å². The number of nitrogens with two attached hydrogens (primary N) is 2. The van der Waals surface area contributed by atoms with Gasteiger partial charge in [0.25, 0.3) is 0 Å². The van der Waals surface area contributed by atoms with Crippen LogP contribution in [-0.2, 0) is 27.4 Å². The summed E-state index contributed by atoms with van der Waals surface area (Å²) in [5, 5.41) is 5.61. The summed E-state index contributed by atoms with van der Waals surface area (Å²) < 4.78 is 27.0. The Labute approximate surface area is 194 Å². The fourth-order valence-electron chi connectivity index (χ4n) is 4.73. The van der Waals surface area contributed by atoms with E-state index in [1.807, 2.05) is 6.92 Å².